The molecule has 3 rings (SSSR count). The molecule has 0 radical (unpaired) electrons. The molecule has 8 heteroatoms. The number of benzene rings is 1. The van der Waals surface area contributed by atoms with Gasteiger partial charge in [-0.3, -0.25) is 4.79 Å². The topological polar surface area (TPSA) is 67.8 Å². The summed E-state index contributed by atoms with van der Waals surface area (Å²) in [4.78, 5) is 12.7. The fourth-order valence-electron chi connectivity index (χ4n) is 3.83. The number of nitrogens with one attached hydrogen (secondary N) is 1. The highest BCUT2D eigenvalue weighted by atomic mass is 19.4. The molecule has 1 aromatic carbocycles. The second-order valence-electron chi connectivity index (χ2n) is 7.80. The van der Waals surface area contributed by atoms with E-state index in [0.717, 1.165) is 37.8 Å². The number of ether oxygens (including phenoxy) is 2. The van der Waals surface area contributed by atoms with Crippen LogP contribution in [0.15, 0.2) is 36.1 Å². The minimum Gasteiger partial charge on any atom is -0.459 e. The molecule has 1 aromatic rings. The van der Waals surface area contributed by atoms with Crippen molar-refractivity contribution in [1.82, 2.24) is 5.32 Å². The second kappa shape index (κ2) is 10.3. The number of carbonyl (C=O) groups excluding carboxylic acids is 1. The first-order valence-corrected chi connectivity index (χ1v) is 10.5. The van der Waals surface area contributed by atoms with E-state index in [1.165, 1.54) is 12.1 Å². The van der Waals surface area contributed by atoms with Crippen molar-refractivity contribution >= 4 is 5.91 Å². The SMILES string of the molecule is O=C(NC1CCCC1)C1=C[C@H](c2ccc(C(F)(F)F)cc2)C[C@H](OCCCCO)O1. The number of aliphatic hydroxyl groups excluding tert-OH is 1. The van der Waals surface area contributed by atoms with E-state index in [-0.39, 0.29) is 30.2 Å². The van der Waals surface area contributed by atoms with Crippen LogP contribution in [0.1, 0.15) is 62.0 Å². The van der Waals surface area contributed by atoms with Crippen LogP contribution in [0.2, 0.25) is 0 Å². The smallest absolute Gasteiger partial charge is 0.416 e. The van der Waals surface area contributed by atoms with E-state index in [2.05, 4.69) is 5.32 Å². The van der Waals surface area contributed by atoms with E-state index in [9.17, 15) is 18.0 Å². The van der Waals surface area contributed by atoms with Gasteiger partial charge in [-0.15, -0.1) is 0 Å². The summed E-state index contributed by atoms with van der Waals surface area (Å²) in [5.41, 5.74) is -0.0419. The monoisotopic (exact) mass is 427 g/mol. The summed E-state index contributed by atoms with van der Waals surface area (Å²) in [6.45, 7) is 0.431. The van der Waals surface area contributed by atoms with Crippen LogP contribution >= 0.6 is 0 Å². The summed E-state index contributed by atoms with van der Waals surface area (Å²) < 4.78 is 50.1. The van der Waals surface area contributed by atoms with Crippen LogP contribution in [0.25, 0.3) is 0 Å². The van der Waals surface area contributed by atoms with Gasteiger partial charge in [0.05, 0.1) is 12.2 Å². The summed E-state index contributed by atoms with van der Waals surface area (Å²) in [5.74, 6) is -0.471. The van der Waals surface area contributed by atoms with Crippen molar-refractivity contribution < 1.29 is 32.5 Å². The normalized spacial score (nSPS) is 22.5. The Hall–Kier alpha value is -2.06. The van der Waals surface area contributed by atoms with Crippen LogP contribution < -0.4 is 5.32 Å². The lowest BCUT2D eigenvalue weighted by molar-refractivity contribution is -0.146. The Balaban J connectivity index is 1.73. The van der Waals surface area contributed by atoms with Gasteiger partial charge in [-0.1, -0.05) is 25.0 Å². The fourth-order valence-corrected chi connectivity index (χ4v) is 3.83. The maximum atomic E-state index is 12.9. The Kier molecular flexibility index (Phi) is 7.77. The Bertz CT molecular complexity index is 727. The zero-order valence-corrected chi connectivity index (χ0v) is 16.8. The molecule has 1 saturated carbocycles. The van der Waals surface area contributed by atoms with Crippen LogP contribution in [0, 0.1) is 0 Å². The second-order valence-corrected chi connectivity index (χ2v) is 7.80. The van der Waals surface area contributed by atoms with Gasteiger partial charge in [-0.2, -0.15) is 13.2 Å². The number of aliphatic hydroxyl groups is 1. The number of carbonyl (C=O) groups is 1. The first-order valence-electron chi connectivity index (χ1n) is 10.5. The van der Waals surface area contributed by atoms with E-state index in [4.69, 9.17) is 14.6 Å². The van der Waals surface area contributed by atoms with Gasteiger partial charge in [0, 0.05) is 25.0 Å². The third kappa shape index (κ3) is 6.22. The highest BCUT2D eigenvalue weighted by molar-refractivity contribution is 5.92. The molecule has 1 heterocycles. The van der Waals surface area contributed by atoms with Crippen molar-refractivity contribution in [3.05, 3.63) is 47.2 Å². The van der Waals surface area contributed by atoms with Gasteiger partial charge in [-0.25, -0.2) is 0 Å². The van der Waals surface area contributed by atoms with E-state index >= 15 is 0 Å². The zero-order valence-electron chi connectivity index (χ0n) is 16.8. The van der Waals surface area contributed by atoms with Gasteiger partial charge in [-0.05, 0) is 49.5 Å². The van der Waals surface area contributed by atoms with E-state index in [0.29, 0.717) is 31.4 Å². The predicted molar refractivity (Wildman–Crippen MR) is 104 cm³/mol. The molecule has 2 aliphatic rings. The molecule has 2 atom stereocenters. The standard InChI is InChI=1S/C22H28F3NO4/c23-22(24,25)17-9-7-15(8-10-17)16-13-19(21(28)26-18-5-1-2-6-18)30-20(14-16)29-12-4-3-11-27/h7-10,13,16,18,20,27H,1-6,11-12,14H2,(H,26,28)/t16-,20+/m0/s1. The molecular weight excluding hydrogens is 399 g/mol. The molecule has 5 nitrogen and oxygen atoms in total. The van der Waals surface area contributed by atoms with Crippen molar-refractivity contribution in [3.63, 3.8) is 0 Å². The Morgan fingerprint density at radius 1 is 1.17 bits per heavy atom. The molecule has 0 aromatic heterocycles. The number of halogens is 3. The number of hydrogen-bond acceptors (Lipinski definition) is 4. The maximum Gasteiger partial charge on any atom is 0.416 e. The van der Waals surface area contributed by atoms with E-state index in [1.54, 1.807) is 6.08 Å². The number of unbranched alkanes of at least 4 members (excludes halogenated alkanes) is 1. The van der Waals surface area contributed by atoms with Crippen molar-refractivity contribution in [1.29, 1.82) is 0 Å². The molecule has 0 bridgehead atoms. The Morgan fingerprint density at radius 2 is 1.87 bits per heavy atom. The van der Waals surface area contributed by atoms with E-state index in [1.807, 2.05) is 0 Å². The van der Waals surface area contributed by atoms with Crippen LogP contribution in [0.3, 0.4) is 0 Å². The molecule has 1 aliphatic heterocycles. The van der Waals surface area contributed by atoms with Crippen LogP contribution in [-0.2, 0) is 20.4 Å². The van der Waals surface area contributed by atoms with Gasteiger partial charge >= 0.3 is 6.18 Å². The third-order valence-corrected chi connectivity index (χ3v) is 5.49. The minimum absolute atomic E-state index is 0.0675. The lowest BCUT2D eigenvalue weighted by atomic mass is 9.92. The molecule has 1 amide bonds. The molecule has 2 N–H and O–H groups in total. The fraction of sp³-hybridized carbons (Fsp3) is 0.591. The van der Waals surface area contributed by atoms with Gasteiger partial charge in [0.25, 0.3) is 5.91 Å². The summed E-state index contributed by atoms with van der Waals surface area (Å²) in [7, 11) is 0. The molecule has 0 spiro atoms. The molecule has 166 valence electrons. The molecule has 30 heavy (non-hydrogen) atoms. The lowest BCUT2D eigenvalue weighted by Crippen LogP contribution is -2.37. The van der Waals surface area contributed by atoms with Crippen LogP contribution in [-0.4, -0.2) is 36.6 Å². The first-order chi connectivity index (χ1) is 14.4. The van der Waals surface area contributed by atoms with Crippen molar-refractivity contribution in [2.75, 3.05) is 13.2 Å². The quantitative estimate of drug-likeness (QED) is 0.608. The first kappa shape index (κ1) is 22.6. The summed E-state index contributed by atoms with van der Waals surface area (Å²) in [5, 5.41) is 11.9. The highest BCUT2D eigenvalue weighted by Gasteiger charge is 2.32. The van der Waals surface area contributed by atoms with Crippen molar-refractivity contribution in [3.8, 4) is 0 Å². The predicted octanol–water partition coefficient (Wildman–Crippen LogP) is 4.27. The van der Waals surface area contributed by atoms with Gasteiger partial charge in [0.15, 0.2) is 5.76 Å². The highest BCUT2D eigenvalue weighted by Crippen LogP contribution is 2.34. The van der Waals surface area contributed by atoms with Crippen LogP contribution in [0.4, 0.5) is 13.2 Å². The Morgan fingerprint density at radius 3 is 2.50 bits per heavy atom. The van der Waals surface area contributed by atoms with Crippen molar-refractivity contribution in [2.24, 2.45) is 0 Å². The number of allylic oxidation sites excluding steroid dienone is 1. The molecule has 0 saturated heterocycles. The number of amides is 1. The summed E-state index contributed by atoms with van der Waals surface area (Å²) >= 11 is 0. The summed E-state index contributed by atoms with van der Waals surface area (Å²) in [6, 6.07) is 5.09. The molecule has 1 fully saturated rings. The maximum absolute atomic E-state index is 12.9. The minimum atomic E-state index is -4.39. The largest absolute Gasteiger partial charge is 0.459 e. The average molecular weight is 427 g/mol. The third-order valence-electron chi connectivity index (χ3n) is 5.49. The average Bonchev–Trinajstić information content (AvgIpc) is 3.23. The Labute approximate surface area is 174 Å². The molecule has 0 unspecified atom stereocenters. The van der Waals surface area contributed by atoms with Crippen LogP contribution in [0.5, 0.6) is 0 Å². The number of alkyl halides is 3. The van der Waals surface area contributed by atoms with Gasteiger partial charge < -0.3 is 19.9 Å². The van der Waals surface area contributed by atoms with Crippen molar-refractivity contribution in [2.45, 2.75) is 69.4 Å². The molecule has 1 aliphatic carbocycles. The van der Waals surface area contributed by atoms with E-state index < -0.39 is 18.0 Å². The number of hydrogen-bond donors (Lipinski definition) is 2. The van der Waals surface area contributed by atoms with Gasteiger partial charge in [0.2, 0.25) is 6.29 Å². The summed E-state index contributed by atoms with van der Waals surface area (Å²) in [6.07, 6.45) is 2.26. The number of rotatable bonds is 8. The zero-order chi connectivity index (χ0) is 21.6. The lowest BCUT2D eigenvalue weighted by Gasteiger charge is -2.30. The molecular formula is C22H28F3NO4. The van der Waals surface area contributed by atoms with Gasteiger partial charge in [0.1, 0.15) is 0 Å².